The molecule has 3 unspecified atom stereocenters. The van der Waals surface area contributed by atoms with Crippen molar-refractivity contribution in [2.45, 2.75) is 101 Å². The number of hydrogen-bond acceptors (Lipinski definition) is 4. The van der Waals surface area contributed by atoms with E-state index in [-0.39, 0.29) is 5.91 Å². The Balaban J connectivity index is 1.34. The van der Waals surface area contributed by atoms with Gasteiger partial charge in [0.05, 0.1) is 12.1 Å². The SMILES string of the molecule is N#CC1(NC(=O)C(N)CC2CCCCC2)CCN(C2CCCCC2c2ccccc2)CC1. The topological polar surface area (TPSA) is 82.1 Å². The number of nitriles is 1. The molecule has 0 spiro atoms. The maximum absolute atomic E-state index is 12.9. The first-order valence-corrected chi connectivity index (χ1v) is 12.9. The van der Waals surface area contributed by atoms with Crippen LogP contribution >= 0.6 is 0 Å². The summed E-state index contributed by atoms with van der Waals surface area (Å²) in [5.41, 5.74) is 6.95. The van der Waals surface area contributed by atoms with Gasteiger partial charge in [-0.25, -0.2) is 0 Å². The number of piperidine rings is 1. The lowest BCUT2D eigenvalue weighted by molar-refractivity contribution is -0.124. The molecule has 0 bridgehead atoms. The maximum Gasteiger partial charge on any atom is 0.238 e. The van der Waals surface area contributed by atoms with Crippen molar-refractivity contribution in [2.75, 3.05) is 13.1 Å². The second-order valence-electron chi connectivity index (χ2n) is 10.4. The quantitative estimate of drug-likeness (QED) is 0.689. The molecular formula is C27H40N4O. The van der Waals surface area contributed by atoms with E-state index in [0.717, 1.165) is 19.5 Å². The summed E-state index contributed by atoms with van der Waals surface area (Å²) < 4.78 is 0. The largest absolute Gasteiger partial charge is 0.336 e. The standard InChI is InChI=1S/C27H40N4O/c28-20-27(30-26(32)24(29)19-21-9-3-1-4-10-21)15-17-31(18-16-27)25-14-8-7-13-23(25)22-11-5-2-6-12-22/h2,5-6,11-12,21,23-25H,1,3-4,7-10,13-19,29H2,(H,30,32). The van der Waals surface area contributed by atoms with Crippen LogP contribution in [-0.4, -0.2) is 41.5 Å². The van der Waals surface area contributed by atoms with Gasteiger partial charge in [-0.2, -0.15) is 5.26 Å². The van der Waals surface area contributed by atoms with Crippen molar-refractivity contribution in [3.8, 4) is 6.07 Å². The molecule has 0 radical (unpaired) electrons. The zero-order valence-corrected chi connectivity index (χ0v) is 19.5. The van der Waals surface area contributed by atoms with E-state index in [9.17, 15) is 10.1 Å². The Morgan fingerprint density at radius 1 is 1.06 bits per heavy atom. The van der Waals surface area contributed by atoms with Crippen LogP contribution in [0.5, 0.6) is 0 Å². The lowest BCUT2D eigenvalue weighted by Crippen LogP contribution is -2.59. The Kier molecular flexibility index (Phi) is 7.86. The minimum Gasteiger partial charge on any atom is -0.336 e. The average Bonchev–Trinajstić information content (AvgIpc) is 2.85. The van der Waals surface area contributed by atoms with Gasteiger partial charge in [-0.1, -0.05) is 75.3 Å². The molecular weight excluding hydrogens is 396 g/mol. The number of carbonyl (C=O) groups is 1. The number of hydrogen-bond donors (Lipinski definition) is 2. The van der Waals surface area contributed by atoms with Crippen molar-refractivity contribution in [3.05, 3.63) is 35.9 Å². The first-order valence-electron chi connectivity index (χ1n) is 12.9. The van der Waals surface area contributed by atoms with E-state index in [4.69, 9.17) is 5.73 Å². The fourth-order valence-electron chi connectivity index (χ4n) is 6.36. The molecule has 5 heteroatoms. The van der Waals surface area contributed by atoms with Crippen LogP contribution in [0, 0.1) is 17.2 Å². The summed E-state index contributed by atoms with van der Waals surface area (Å²) in [4.78, 5) is 15.5. The smallest absolute Gasteiger partial charge is 0.238 e. The number of carbonyl (C=O) groups excluding carboxylic acids is 1. The predicted octanol–water partition coefficient (Wildman–Crippen LogP) is 4.48. The second kappa shape index (κ2) is 10.8. The summed E-state index contributed by atoms with van der Waals surface area (Å²) in [7, 11) is 0. The van der Waals surface area contributed by atoms with Gasteiger partial charge >= 0.3 is 0 Å². The van der Waals surface area contributed by atoms with E-state index < -0.39 is 11.6 Å². The molecule has 2 aliphatic carbocycles. The maximum atomic E-state index is 12.9. The Bertz CT molecular complexity index is 775. The Labute approximate surface area is 193 Å². The zero-order valence-electron chi connectivity index (χ0n) is 19.5. The monoisotopic (exact) mass is 436 g/mol. The van der Waals surface area contributed by atoms with Crippen LogP contribution in [0.2, 0.25) is 0 Å². The van der Waals surface area contributed by atoms with Gasteiger partial charge < -0.3 is 11.1 Å². The molecule has 5 nitrogen and oxygen atoms in total. The van der Waals surface area contributed by atoms with Crippen molar-refractivity contribution in [1.82, 2.24) is 10.2 Å². The molecule has 3 fully saturated rings. The molecule has 2 saturated carbocycles. The first-order chi connectivity index (χ1) is 15.6. The summed E-state index contributed by atoms with van der Waals surface area (Å²) in [6.07, 6.45) is 13.3. The van der Waals surface area contributed by atoms with Crippen LogP contribution < -0.4 is 11.1 Å². The number of nitrogens with two attached hydrogens (primary N) is 1. The molecule has 1 aliphatic heterocycles. The minimum absolute atomic E-state index is 0.134. The van der Waals surface area contributed by atoms with E-state index in [1.807, 2.05) is 0 Å². The molecule has 1 aromatic carbocycles. The highest BCUT2D eigenvalue weighted by Gasteiger charge is 2.41. The normalized spacial score (nSPS) is 27.9. The van der Waals surface area contributed by atoms with Crippen molar-refractivity contribution >= 4 is 5.91 Å². The van der Waals surface area contributed by atoms with Gasteiger partial charge in [-0.3, -0.25) is 9.69 Å². The fourth-order valence-corrected chi connectivity index (χ4v) is 6.36. The molecule has 1 heterocycles. The molecule has 1 saturated heterocycles. The van der Waals surface area contributed by atoms with Crippen LogP contribution in [0.15, 0.2) is 30.3 Å². The minimum atomic E-state index is -0.769. The van der Waals surface area contributed by atoms with Crippen molar-refractivity contribution in [2.24, 2.45) is 11.7 Å². The number of nitrogens with zero attached hydrogens (tertiary/aromatic N) is 2. The third kappa shape index (κ3) is 5.53. The van der Waals surface area contributed by atoms with Gasteiger partial charge in [0.1, 0.15) is 5.54 Å². The molecule has 32 heavy (non-hydrogen) atoms. The highest BCUT2D eigenvalue weighted by molar-refractivity contribution is 5.82. The second-order valence-corrected chi connectivity index (χ2v) is 10.4. The van der Waals surface area contributed by atoms with Crippen LogP contribution in [0.1, 0.15) is 88.5 Å². The molecule has 1 amide bonds. The lowest BCUT2D eigenvalue weighted by atomic mass is 9.77. The average molecular weight is 437 g/mol. The molecule has 0 aromatic heterocycles. The van der Waals surface area contributed by atoms with Gasteiger partial charge in [-0.05, 0) is 49.5 Å². The molecule has 1 aromatic rings. The van der Waals surface area contributed by atoms with Gasteiger partial charge in [0.2, 0.25) is 5.91 Å². The highest BCUT2D eigenvalue weighted by atomic mass is 16.2. The molecule has 3 aliphatic rings. The molecule has 3 N–H and O–H groups in total. The first kappa shape index (κ1) is 23.3. The van der Waals surface area contributed by atoms with E-state index in [0.29, 0.717) is 30.7 Å². The summed E-state index contributed by atoms with van der Waals surface area (Å²) >= 11 is 0. The third-order valence-corrected chi connectivity index (χ3v) is 8.30. The Morgan fingerprint density at radius 2 is 1.72 bits per heavy atom. The van der Waals surface area contributed by atoms with Crippen molar-refractivity contribution < 1.29 is 4.79 Å². The number of benzene rings is 1. The predicted molar refractivity (Wildman–Crippen MR) is 128 cm³/mol. The summed E-state index contributed by atoms with van der Waals surface area (Å²) in [6, 6.07) is 13.4. The van der Waals surface area contributed by atoms with Crippen LogP contribution in [0.25, 0.3) is 0 Å². The summed E-state index contributed by atoms with van der Waals surface area (Å²) in [5, 5.41) is 13.1. The van der Waals surface area contributed by atoms with Gasteiger partial charge in [-0.15, -0.1) is 0 Å². The van der Waals surface area contributed by atoms with Crippen LogP contribution in [0.3, 0.4) is 0 Å². The number of nitrogens with one attached hydrogen (secondary N) is 1. The van der Waals surface area contributed by atoms with Crippen LogP contribution in [0.4, 0.5) is 0 Å². The number of likely N-dealkylation sites (tertiary alicyclic amines) is 1. The fraction of sp³-hybridized carbons (Fsp3) is 0.704. The van der Waals surface area contributed by atoms with E-state index in [1.165, 1.54) is 63.4 Å². The van der Waals surface area contributed by atoms with E-state index in [2.05, 4.69) is 46.6 Å². The van der Waals surface area contributed by atoms with Gasteiger partial charge in [0.15, 0.2) is 0 Å². The van der Waals surface area contributed by atoms with E-state index in [1.54, 1.807) is 0 Å². The summed E-state index contributed by atoms with van der Waals surface area (Å²) in [5.74, 6) is 0.994. The number of rotatable bonds is 6. The lowest BCUT2D eigenvalue weighted by Gasteiger charge is -2.45. The Hall–Kier alpha value is -1.90. The van der Waals surface area contributed by atoms with Crippen LogP contribution in [-0.2, 0) is 4.79 Å². The Morgan fingerprint density at radius 3 is 2.41 bits per heavy atom. The third-order valence-electron chi connectivity index (χ3n) is 8.30. The molecule has 174 valence electrons. The number of amides is 1. The molecule has 4 rings (SSSR count). The zero-order chi connectivity index (χ0) is 22.4. The van der Waals surface area contributed by atoms with Crippen molar-refractivity contribution in [1.29, 1.82) is 5.26 Å². The summed E-state index contributed by atoms with van der Waals surface area (Å²) in [6.45, 7) is 1.72. The van der Waals surface area contributed by atoms with Gasteiger partial charge in [0, 0.05) is 19.1 Å². The highest BCUT2D eigenvalue weighted by Crippen LogP contribution is 2.38. The van der Waals surface area contributed by atoms with E-state index >= 15 is 0 Å². The molecule has 3 atom stereocenters. The van der Waals surface area contributed by atoms with Crippen molar-refractivity contribution in [3.63, 3.8) is 0 Å². The van der Waals surface area contributed by atoms with Gasteiger partial charge in [0.25, 0.3) is 0 Å².